The van der Waals surface area contributed by atoms with Crippen LogP contribution in [0.25, 0.3) is 10.2 Å². The van der Waals surface area contributed by atoms with Crippen LogP contribution in [0.15, 0.2) is 17.8 Å². The summed E-state index contributed by atoms with van der Waals surface area (Å²) in [4.78, 5) is 12.0. The Bertz CT molecular complexity index is 494. The third-order valence-corrected chi connectivity index (χ3v) is 3.91. The van der Waals surface area contributed by atoms with Crippen LogP contribution in [0, 0.1) is 0 Å². The van der Waals surface area contributed by atoms with Gasteiger partial charge in [-0.3, -0.25) is 4.90 Å². The van der Waals surface area contributed by atoms with E-state index in [4.69, 9.17) is 0 Å². The number of rotatable bonds is 6. The fourth-order valence-corrected chi connectivity index (χ4v) is 2.76. The highest BCUT2D eigenvalue weighted by Gasteiger charge is 2.07. The lowest BCUT2D eigenvalue weighted by atomic mass is 10.3. The Morgan fingerprint density at radius 2 is 2.22 bits per heavy atom. The molecule has 0 bridgehead atoms. The summed E-state index contributed by atoms with van der Waals surface area (Å²) in [7, 11) is 0. The summed E-state index contributed by atoms with van der Waals surface area (Å²) in [6.07, 6.45) is 1.63. The zero-order chi connectivity index (χ0) is 13.0. The summed E-state index contributed by atoms with van der Waals surface area (Å²) in [5.74, 6) is 0.945. The van der Waals surface area contributed by atoms with Gasteiger partial charge in [0.05, 0.1) is 5.39 Å². The van der Waals surface area contributed by atoms with Gasteiger partial charge in [-0.1, -0.05) is 6.92 Å². The number of anilines is 1. The molecule has 0 aliphatic carbocycles. The van der Waals surface area contributed by atoms with Crippen LogP contribution >= 0.6 is 11.3 Å². The first-order chi connectivity index (χ1) is 8.72. The smallest absolute Gasteiger partial charge is 0.138 e. The van der Waals surface area contributed by atoms with Crippen molar-refractivity contribution in [3.63, 3.8) is 0 Å². The van der Waals surface area contributed by atoms with E-state index in [2.05, 4.69) is 52.4 Å². The molecule has 0 aromatic carbocycles. The monoisotopic (exact) mass is 264 g/mol. The predicted octanol–water partition coefficient (Wildman–Crippen LogP) is 2.83. The van der Waals surface area contributed by atoms with Gasteiger partial charge in [0.25, 0.3) is 0 Å². The molecule has 0 atom stereocenters. The average Bonchev–Trinajstić information content (AvgIpc) is 2.83. The van der Waals surface area contributed by atoms with Crippen molar-refractivity contribution in [3.05, 3.63) is 17.8 Å². The summed E-state index contributed by atoms with van der Waals surface area (Å²) >= 11 is 1.65. The lowest BCUT2D eigenvalue weighted by molar-refractivity contribution is 0.243. The number of hydrogen-bond acceptors (Lipinski definition) is 5. The highest BCUT2D eigenvalue weighted by Crippen LogP contribution is 2.23. The third-order valence-electron chi connectivity index (χ3n) is 3.09. The Morgan fingerprint density at radius 1 is 1.39 bits per heavy atom. The number of nitrogens with zero attached hydrogens (tertiary/aromatic N) is 3. The Morgan fingerprint density at radius 3 is 2.94 bits per heavy atom. The fourth-order valence-electron chi connectivity index (χ4n) is 2.03. The zero-order valence-corrected chi connectivity index (χ0v) is 12.0. The molecule has 2 heterocycles. The maximum absolute atomic E-state index is 4.31. The lowest BCUT2D eigenvalue weighted by Gasteiger charge is -2.24. The molecular formula is C13H20N4S. The topological polar surface area (TPSA) is 41.0 Å². The summed E-state index contributed by atoms with van der Waals surface area (Å²) in [5, 5.41) is 6.58. The molecule has 98 valence electrons. The molecule has 0 saturated carbocycles. The Kier molecular flexibility index (Phi) is 4.49. The normalized spacial score (nSPS) is 11.6. The van der Waals surface area contributed by atoms with Gasteiger partial charge in [-0.25, -0.2) is 9.97 Å². The summed E-state index contributed by atoms with van der Waals surface area (Å²) in [6, 6.07) is 2.66. The van der Waals surface area contributed by atoms with E-state index < -0.39 is 0 Å². The van der Waals surface area contributed by atoms with Gasteiger partial charge in [0.1, 0.15) is 17.0 Å². The maximum atomic E-state index is 4.31. The number of nitrogens with one attached hydrogen (secondary N) is 1. The molecule has 0 fully saturated rings. The van der Waals surface area contributed by atoms with E-state index in [-0.39, 0.29) is 0 Å². The Balaban J connectivity index is 1.96. The van der Waals surface area contributed by atoms with E-state index in [9.17, 15) is 0 Å². The first kappa shape index (κ1) is 13.2. The van der Waals surface area contributed by atoms with Gasteiger partial charge in [0.15, 0.2) is 0 Å². The van der Waals surface area contributed by atoms with Crippen LogP contribution in [0.3, 0.4) is 0 Å². The molecule has 2 aromatic heterocycles. The van der Waals surface area contributed by atoms with Crippen molar-refractivity contribution in [2.24, 2.45) is 0 Å². The van der Waals surface area contributed by atoms with Crippen molar-refractivity contribution in [3.8, 4) is 0 Å². The second-order valence-corrected chi connectivity index (χ2v) is 5.41. The minimum absolute atomic E-state index is 0.586. The first-order valence-electron chi connectivity index (χ1n) is 6.38. The summed E-state index contributed by atoms with van der Waals surface area (Å²) in [5.41, 5.74) is 0. The van der Waals surface area contributed by atoms with E-state index >= 15 is 0 Å². The molecule has 2 aromatic rings. The first-order valence-corrected chi connectivity index (χ1v) is 7.26. The van der Waals surface area contributed by atoms with Crippen molar-refractivity contribution in [2.45, 2.75) is 26.8 Å². The zero-order valence-electron chi connectivity index (χ0n) is 11.2. The van der Waals surface area contributed by atoms with Crippen LogP contribution in [-0.4, -0.2) is 40.5 Å². The van der Waals surface area contributed by atoms with Crippen LogP contribution in [0.1, 0.15) is 20.8 Å². The van der Waals surface area contributed by atoms with Gasteiger partial charge in [-0.05, 0) is 31.8 Å². The maximum Gasteiger partial charge on any atom is 0.138 e. The molecule has 0 unspecified atom stereocenters. The SMILES string of the molecule is CCN(CCNc1ncnc2sccc12)C(C)C. The highest BCUT2D eigenvalue weighted by atomic mass is 32.1. The van der Waals surface area contributed by atoms with Crippen molar-refractivity contribution in [1.29, 1.82) is 0 Å². The quantitative estimate of drug-likeness (QED) is 0.871. The molecule has 18 heavy (non-hydrogen) atoms. The number of thiophene rings is 1. The molecular weight excluding hydrogens is 244 g/mol. The number of aromatic nitrogens is 2. The van der Waals surface area contributed by atoms with E-state index in [1.54, 1.807) is 17.7 Å². The second kappa shape index (κ2) is 6.11. The molecule has 5 heteroatoms. The van der Waals surface area contributed by atoms with E-state index in [1.807, 2.05) is 0 Å². The van der Waals surface area contributed by atoms with Gasteiger partial charge >= 0.3 is 0 Å². The van der Waals surface area contributed by atoms with Gasteiger partial charge in [0, 0.05) is 19.1 Å². The fraction of sp³-hybridized carbons (Fsp3) is 0.538. The van der Waals surface area contributed by atoms with Crippen LogP contribution in [0.5, 0.6) is 0 Å². The molecule has 0 radical (unpaired) electrons. The predicted molar refractivity (Wildman–Crippen MR) is 78.3 cm³/mol. The van der Waals surface area contributed by atoms with E-state index in [1.165, 1.54) is 0 Å². The standard InChI is InChI=1S/C13H20N4S/c1-4-17(10(2)3)7-6-14-12-11-5-8-18-13(11)16-9-15-12/h5,8-10H,4,6-7H2,1-3H3,(H,14,15,16). The minimum Gasteiger partial charge on any atom is -0.368 e. The average molecular weight is 264 g/mol. The second-order valence-electron chi connectivity index (χ2n) is 4.51. The number of likely N-dealkylation sites (N-methyl/N-ethyl adjacent to an activating group) is 1. The molecule has 2 rings (SSSR count). The van der Waals surface area contributed by atoms with E-state index in [0.29, 0.717) is 6.04 Å². The van der Waals surface area contributed by atoms with Crippen LogP contribution < -0.4 is 5.32 Å². The van der Waals surface area contributed by atoms with Gasteiger partial charge in [0.2, 0.25) is 0 Å². The van der Waals surface area contributed by atoms with Crippen molar-refractivity contribution < 1.29 is 0 Å². The summed E-state index contributed by atoms with van der Waals surface area (Å²) < 4.78 is 0. The van der Waals surface area contributed by atoms with Gasteiger partial charge in [-0.2, -0.15) is 0 Å². The number of fused-ring (bicyclic) bond motifs is 1. The summed E-state index contributed by atoms with van der Waals surface area (Å²) in [6.45, 7) is 9.67. The Hall–Kier alpha value is -1.20. The highest BCUT2D eigenvalue weighted by molar-refractivity contribution is 7.16. The van der Waals surface area contributed by atoms with Gasteiger partial charge < -0.3 is 5.32 Å². The van der Waals surface area contributed by atoms with Gasteiger partial charge in [-0.15, -0.1) is 11.3 Å². The van der Waals surface area contributed by atoms with E-state index in [0.717, 1.165) is 35.7 Å². The van der Waals surface area contributed by atoms with Crippen molar-refractivity contribution in [2.75, 3.05) is 25.0 Å². The molecule has 0 aliphatic rings. The van der Waals surface area contributed by atoms with Crippen molar-refractivity contribution >= 4 is 27.4 Å². The minimum atomic E-state index is 0.586. The molecule has 1 N–H and O–H groups in total. The van der Waals surface area contributed by atoms with Crippen LogP contribution in [-0.2, 0) is 0 Å². The molecule has 0 aliphatic heterocycles. The Labute approximate surface area is 112 Å². The largest absolute Gasteiger partial charge is 0.368 e. The lowest BCUT2D eigenvalue weighted by Crippen LogP contribution is -2.34. The molecule has 0 amide bonds. The third kappa shape index (κ3) is 2.97. The molecule has 0 spiro atoms. The molecule has 0 saturated heterocycles. The molecule has 4 nitrogen and oxygen atoms in total. The number of hydrogen-bond donors (Lipinski definition) is 1. The van der Waals surface area contributed by atoms with Crippen LogP contribution in [0.2, 0.25) is 0 Å². The van der Waals surface area contributed by atoms with Crippen LogP contribution in [0.4, 0.5) is 5.82 Å². The van der Waals surface area contributed by atoms with Crippen molar-refractivity contribution in [1.82, 2.24) is 14.9 Å².